The highest BCUT2D eigenvalue weighted by Gasteiger charge is 2.11. The molecule has 1 aromatic heterocycles. The van der Waals surface area contributed by atoms with Gasteiger partial charge in [0, 0.05) is 18.0 Å². The van der Waals surface area contributed by atoms with Gasteiger partial charge in [0.2, 0.25) is 0 Å². The summed E-state index contributed by atoms with van der Waals surface area (Å²) >= 11 is 1.69. The summed E-state index contributed by atoms with van der Waals surface area (Å²) < 4.78 is 15.1. The number of aryl methyl sites for hydroxylation is 1. The summed E-state index contributed by atoms with van der Waals surface area (Å²) in [5.74, 6) is 1.50. The van der Waals surface area contributed by atoms with Gasteiger partial charge in [-0.3, -0.25) is 0 Å². The van der Waals surface area contributed by atoms with Gasteiger partial charge in [-0.2, -0.15) is 0 Å². The summed E-state index contributed by atoms with van der Waals surface area (Å²) in [4.78, 5) is 0. The van der Waals surface area contributed by atoms with Crippen LogP contribution in [0.25, 0.3) is 0 Å². The molecule has 0 aliphatic carbocycles. The van der Waals surface area contributed by atoms with Crippen LogP contribution < -0.4 is 5.32 Å². The van der Waals surface area contributed by atoms with Crippen molar-refractivity contribution in [1.29, 1.82) is 0 Å². The Kier molecular flexibility index (Phi) is 5.71. The van der Waals surface area contributed by atoms with Crippen molar-refractivity contribution < 1.29 is 4.39 Å². The Morgan fingerprint density at radius 3 is 2.44 bits per heavy atom. The van der Waals surface area contributed by atoms with E-state index in [0.29, 0.717) is 6.54 Å². The average Bonchev–Trinajstić information content (AvgIpc) is 3.02. The first-order valence-electron chi connectivity index (χ1n) is 8.25. The van der Waals surface area contributed by atoms with Crippen molar-refractivity contribution in [2.24, 2.45) is 0 Å². The zero-order valence-corrected chi connectivity index (χ0v) is 15.2. The number of benzene rings is 2. The molecule has 130 valence electrons. The van der Waals surface area contributed by atoms with Gasteiger partial charge in [0.25, 0.3) is 0 Å². The van der Waals surface area contributed by atoms with Crippen molar-refractivity contribution in [3.63, 3.8) is 0 Å². The average molecular weight is 356 g/mol. The standard InChI is InChI=1S/C19H21FN4S/c1-3-24-18(12-21-17-10-8-16(20)9-11-17)22-23-19(24)25-13-15-6-4-14(2)5-7-15/h4-11,21H,3,12-13H2,1-2H3. The fourth-order valence-electron chi connectivity index (χ4n) is 2.46. The van der Waals surface area contributed by atoms with Gasteiger partial charge in [-0.1, -0.05) is 41.6 Å². The lowest BCUT2D eigenvalue weighted by atomic mass is 10.2. The Hall–Kier alpha value is -2.34. The summed E-state index contributed by atoms with van der Waals surface area (Å²) in [6.07, 6.45) is 0. The lowest BCUT2D eigenvalue weighted by Crippen LogP contribution is -2.08. The molecule has 0 atom stereocenters. The molecule has 0 saturated heterocycles. The zero-order valence-electron chi connectivity index (χ0n) is 14.4. The Morgan fingerprint density at radius 1 is 1.04 bits per heavy atom. The number of hydrogen-bond donors (Lipinski definition) is 1. The molecular weight excluding hydrogens is 335 g/mol. The third-order valence-corrected chi connectivity index (χ3v) is 4.93. The first kappa shape index (κ1) is 17.5. The van der Waals surface area contributed by atoms with Crippen LogP contribution in [0, 0.1) is 12.7 Å². The zero-order chi connectivity index (χ0) is 17.6. The topological polar surface area (TPSA) is 42.7 Å². The normalized spacial score (nSPS) is 10.8. The summed E-state index contributed by atoms with van der Waals surface area (Å²) in [7, 11) is 0. The molecule has 0 spiro atoms. The van der Waals surface area contributed by atoms with Gasteiger partial charge in [0.1, 0.15) is 5.82 Å². The lowest BCUT2D eigenvalue weighted by Gasteiger charge is -2.09. The second-order valence-electron chi connectivity index (χ2n) is 5.78. The van der Waals surface area contributed by atoms with Gasteiger partial charge in [0.15, 0.2) is 11.0 Å². The van der Waals surface area contributed by atoms with E-state index in [0.717, 1.165) is 29.0 Å². The Labute approximate surface area is 151 Å². The summed E-state index contributed by atoms with van der Waals surface area (Å²) in [6.45, 7) is 5.53. The van der Waals surface area contributed by atoms with Crippen LogP contribution in [0.15, 0.2) is 53.7 Å². The minimum Gasteiger partial charge on any atom is -0.378 e. The van der Waals surface area contributed by atoms with Gasteiger partial charge in [0.05, 0.1) is 6.54 Å². The van der Waals surface area contributed by atoms with Crippen molar-refractivity contribution in [2.45, 2.75) is 37.8 Å². The van der Waals surface area contributed by atoms with E-state index >= 15 is 0 Å². The van der Waals surface area contributed by atoms with Gasteiger partial charge >= 0.3 is 0 Å². The number of rotatable bonds is 7. The monoisotopic (exact) mass is 356 g/mol. The van der Waals surface area contributed by atoms with Crippen LogP contribution in [0.2, 0.25) is 0 Å². The number of thioether (sulfide) groups is 1. The van der Waals surface area contributed by atoms with E-state index in [1.165, 1.54) is 23.3 Å². The summed E-state index contributed by atoms with van der Waals surface area (Å²) in [6, 6.07) is 14.9. The molecule has 25 heavy (non-hydrogen) atoms. The highest BCUT2D eigenvalue weighted by Crippen LogP contribution is 2.22. The van der Waals surface area contributed by atoms with E-state index in [4.69, 9.17) is 0 Å². The van der Waals surface area contributed by atoms with E-state index < -0.39 is 0 Å². The molecule has 0 saturated carbocycles. The quantitative estimate of drug-likeness (QED) is 0.626. The predicted octanol–water partition coefficient (Wildman–Crippen LogP) is 4.65. The minimum atomic E-state index is -0.239. The van der Waals surface area contributed by atoms with Crippen molar-refractivity contribution in [3.8, 4) is 0 Å². The lowest BCUT2D eigenvalue weighted by molar-refractivity contribution is 0.628. The largest absolute Gasteiger partial charge is 0.378 e. The SMILES string of the molecule is CCn1c(CNc2ccc(F)cc2)nnc1SCc1ccc(C)cc1. The summed E-state index contributed by atoms with van der Waals surface area (Å²) in [5, 5.41) is 12.8. The molecule has 1 heterocycles. The molecule has 0 unspecified atom stereocenters. The van der Waals surface area contributed by atoms with Crippen LogP contribution in [0.4, 0.5) is 10.1 Å². The third kappa shape index (κ3) is 4.60. The number of nitrogens with zero attached hydrogens (tertiary/aromatic N) is 3. The number of halogens is 1. The predicted molar refractivity (Wildman–Crippen MR) is 100 cm³/mol. The Morgan fingerprint density at radius 2 is 1.76 bits per heavy atom. The highest BCUT2D eigenvalue weighted by molar-refractivity contribution is 7.98. The van der Waals surface area contributed by atoms with E-state index in [2.05, 4.69) is 58.2 Å². The minimum absolute atomic E-state index is 0.239. The maximum atomic E-state index is 13.0. The molecule has 0 aliphatic heterocycles. The first-order chi connectivity index (χ1) is 12.2. The van der Waals surface area contributed by atoms with Crippen LogP contribution in [0.5, 0.6) is 0 Å². The third-order valence-electron chi connectivity index (χ3n) is 3.89. The summed E-state index contributed by atoms with van der Waals surface area (Å²) in [5.41, 5.74) is 3.40. The molecule has 0 aliphatic rings. The maximum absolute atomic E-state index is 13.0. The second-order valence-corrected chi connectivity index (χ2v) is 6.72. The molecule has 2 aromatic carbocycles. The Balaban J connectivity index is 1.63. The van der Waals surface area contributed by atoms with Crippen molar-refractivity contribution in [3.05, 3.63) is 71.3 Å². The number of aromatic nitrogens is 3. The van der Waals surface area contributed by atoms with Crippen LogP contribution in [0.1, 0.15) is 23.9 Å². The molecule has 0 radical (unpaired) electrons. The van der Waals surface area contributed by atoms with E-state index in [-0.39, 0.29) is 5.82 Å². The van der Waals surface area contributed by atoms with Crippen molar-refractivity contribution in [2.75, 3.05) is 5.32 Å². The highest BCUT2D eigenvalue weighted by atomic mass is 32.2. The number of anilines is 1. The van der Waals surface area contributed by atoms with E-state index in [9.17, 15) is 4.39 Å². The molecule has 0 fully saturated rings. The molecule has 3 aromatic rings. The molecule has 0 amide bonds. The molecule has 1 N–H and O–H groups in total. The fourth-order valence-corrected chi connectivity index (χ4v) is 3.43. The van der Waals surface area contributed by atoms with Crippen molar-refractivity contribution in [1.82, 2.24) is 14.8 Å². The van der Waals surface area contributed by atoms with Gasteiger partial charge in [-0.25, -0.2) is 4.39 Å². The molecule has 4 nitrogen and oxygen atoms in total. The van der Waals surface area contributed by atoms with Gasteiger partial charge in [-0.15, -0.1) is 10.2 Å². The molecule has 6 heteroatoms. The second kappa shape index (κ2) is 8.16. The van der Waals surface area contributed by atoms with E-state index in [1.807, 2.05) is 0 Å². The van der Waals surface area contributed by atoms with Gasteiger partial charge in [-0.05, 0) is 43.7 Å². The number of hydrogen-bond acceptors (Lipinski definition) is 4. The van der Waals surface area contributed by atoms with Crippen LogP contribution in [-0.2, 0) is 18.8 Å². The van der Waals surface area contributed by atoms with E-state index in [1.54, 1.807) is 23.9 Å². The Bertz CT molecular complexity index is 745. The molecule has 3 rings (SSSR count). The first-order valence-corrected chi connectivity index (χ1v) is 9.24. The maximum Gasteiger partial charge on any atom is 0.191 e. The molecular formula is C19H21FN4S. The van der Waals surface area contributed by atoms with Crippen LogP contribution in [-0.4, -0.2) is 14.8 Å². The smallest absolute Gasteiger partial charge is 0.191 e. The number of nitrogens with one attached hydrogen (secondary N) is 1. The van der Waals surface area contributed by atoms with Crippen molar-refractivity contribution >= 4 is 17.4 Å². The molecule has 0 bridgehead atoms. The fraction of sp³-hybridized carbons (Fsp3) is 0.263. The van der Waals surface area contributed by atoms with Crippen LogP contribution >= 0.6 is 11.8 Å². The van der Waals surface area contributed by atoms with Gasteiger partial charge < -0.3 is 9.88 Å². The van der Waals surface area contributed by atoms with Crippen LogP contribution in [0.3, 0.4) is 0 Å².